The van der Waals surface area contributed by atoms with Crippen LogP contribution < -0.4 is 0 Å². The minimum absolute atomic E-state index is 0.485. The number of piperidine rings is 1. The van der Waals surface area contributed by atoms with Gasteiger partial charge in [0.25, 0.3) is 0 Å². The summed E-state index contributed by atoms with van der Waals surface area (Å²) >= 11 is 0. The second kappa shape index (κ2) is 7.79. The van der Waals surface area contributed by atoms with E-state index in [2.05, 4.69) is 79.4 Å². The van der Waals surface area contributed by atoms with Crippen LogP contribution in [0.2, 0.25) is 0 Å². The van der Waals surface area contributed by atoms with Crippen LogP contribution in [-0.4, -0.2) is 18.0 Å². The van der Waals surface area contributed by atoms with Crippen molar-refractivity contribution in [1.29, 1.82) is 0 Å². The molecular formula is C22H29N. The van der Waals surface area contributed by atoms with Crippen molar-refractivity contribution in [3.8, 4) is 0 Å². The van der Waals surface area contributed by atoms with Gasteiger partial charge in [-0.15, -0.1) is 0 Å². The van der Waals surface area contributed by atoms with Crippen LogP contribution in [-0.2, 0) is 0 Å². The highest BCUT2D eigenvalue weighted by atomic mass is 15.2. The molecule has 0 bridgehead atoms. The van der Waals surface area contributed by atoms with E-state index in [1.54, 1.807) is 0 Å². The van der Waals surface area contributed by atoms with Crippen LogP contribution in [0.1, 0.15) is 56.2 Å². The molecule has 1 fully saturated rings. The monoisotopic (exact) mass is 307 g/mol. The summed E-state index contributed by atoms with van der Waals surface area (Å²) in [5.74, 6) is 1.15. The Morgan fingerprint density at radius 2 is 1.22 bits per heavy atom. The molecule has 0 aliphatic carbocycles. The quantitative estimate of drug-likeness (QED) is 0.689. The van der Waals surface area contributed by atoms with Crippen molar-refractivity contribution in [2.24, 2.45) is 5.92 Å². The number of nitrogens with zero attached hydrogens (tertiary/aromatic N) is 1. The maximum atomic E-state index is 2.73. The molecule has 1 aliphatic heterocycles. The Kier molecular flexibility index (Phi) is 5.51. The third-order valence-corrected chi connectivity index (χ3v) is 5.17. The van der Waals surface area contributed by atoms with Crippen LogP contribution in [0.5, 0.6) is 0 Å². The average molecular weight is 307 g/mol. The zero-order valence-electron chi connectivity index (χ0n) is 14.5. The van der Waals surface area contributed by atoms with Gasteiger partial charge in [0.1, 0.15) is 0 Å². The standard InChI is InChI=1S/C22H29N/c1-18(2)21(19-12-6-3-7-13-19)22(20-14-8-4-9-15-20)23-16-10-5-11-17-23/h3-4,6-9,12-15,18,21-22H,5,10-11,16-17H2,1-2H3. The first-order valence-corrected chi connectivity index (χ1v) is 9.11. The molecule has 0 aromatic heterocycles. The number of hydrogen-bond donors (Lipinski definition) is 0. The molecule has 2 atom stereocenters. The minimum atomic E-state index is 0.485. The zero-order valence-corrected chi connectivity index (χ0v) is 14.5. The summed E-state index contributed by atoms with van der Waals surface area (Å²) in [5.41, 5.74) is 2.94. The molecule has 2 aromatic rings. The Labute approximate surface area is 141 Å². The van der Waals surface area contributed by atoms with Crippen molar-refractivity contribution in [1.82, 2.24) is 4.90 Å². The molecule has 2 aromatic carbocycles. The van der Waals surface area contributed by atoms with Crippen LogP contribution >= 0.6 is 0 Å². The molecule has 1 heterocycles. The second-order valence-corrected chi connectivity index (χ2v) is 7.13. The molecule has 0 saturated carbocycles. The second-order valence-electron chi connectivity index (χ2n) is 7.13. The molecular weight excluding hydrogens is 278 g/mol. The third kappa shape index (κ3) is 3.84. The lowest BCUT2D eigenvalue weighted by Crippen LogP contribution is -2.38. The van der Waals surface area contributed by atoms with Gasteiger partial charge in [0.2, 0.25) is 0 Å². The van der Waals surface area contributed by atoms with Gasteiger partial charge in [0.05, 0.1) is 0 Å². The van der Waals surface area contributed by atoms with Crippen LogP contribution in [0.4, 0.5) is 0 Å². The lowest BCUT2D eigenvalue weighted by molar-refractivity contribution is 0.126. The van der Waals surface area contributed by atoms with E-state index in [-0.39, 0.29) is 0 Å². The van der Waals surface area contributed by atoms with Crippen molar-refractivity contribution in [2.45, 2.75) is 45.1 Å². The first-order chi connectivity index (χ1) is 11.3. The summed E-state index contributed by atoms with van der Waals surface area (Å²) in [6.45, 7) is 7.21. The predicted molar refractivity (Wildman–Crippen MR) is 98.6 cm³/mol. The highest BCUT2D eigenvalue weighted by molar-refractivity contribution is 5.29. The predicted octanol–water partition coefficient (Wildman–Crippen LogP) is 5.65. The van der Waals surface area contributed by atoms with Crippen molar-refractivity contribution >= 4 is 0 Å². The summed E-state index contributed by atoms with van der Waals surface area (Å²) in [7, 11) is 0. The molecule has 1 nitrogen and oxygen atoms in total. The smallest absolute Gasteiger partial charge is 0.0419 e. The number of rotatable bonds is 5. The molecule has 1 heteroatoms. The Morgan fingerprint density at radius 3 is 1.74 bits per heavy atom. The average Bonchev–Trinajstić information content (AvgIpc) is 2.61. The zero-order chi connectivity index (χ0) is 16.1. The van der Waals surface area contributed by atoms with Crippen molar-refractivity contribution in [2.75, 3.05) is 13.1 Å². The lowest BCUT2D eigenvalue weighted by Gasteiger charge is -2.41. The Morgan fingerprint density at radius 1 is 0.696 bits per heavy atom. The van der Waals surface area contributed by atoms with Crippen LogP contribution in [0.3, 0.4) is 0 Å². The Hall–Kier alpha value is -1.60. The Balaban J connectivity index is 2.01. The van der Waals surface area contributed by atoms with E-state index in [1.165, 1.54) is 43.5 Å². The van der Waals surface area contributed by atoms with Crippen LogP contribution in [0.25, 0.3) is 0 Å². The fraction of sp³-hybridized carbons (Fsp3) is 0.455. The topological polar surface area (TPSA) is 3.24 Å². The van der Waals surface area contributed by atoms with Gasteiger partial charge in [0, 0.05) is 12.0 Å². The van der Waals surface area contributed by atoms with Crippen LogP contribution in [0, 0.1) is 5.92 Å². The largest absolute Gasteiger partial charge is 0.296 e. The lowest BCUT2D eigenvalue weighted by atomic mass is 9.78. The first-order valence-electron chi connectivity index (χ1n) is 9.11. The molecule has 0 radical (unpaired) electrons. The van der Waals surface area contributed by atoms with E-state index in [0.29, 0.717) is 17.9 Å². The van der Waals surface area contributed by atoms with Gasteiger partial charge >= 0.3 is 0 Å². The fourth-order valence-electron chi connectivity index (χ4n) is 4.10. The van der Waals surface area contributed by atoms with E-state index in [4.69, 9.17) is 0 Å². The maximum Gasteiger partial charge on any atom is 0.0419 e. The van der Waals surface area contributed by atoms with Crippen molar-refractivity contribution in [3.05, 3.63) is 71.8 Å². The van der Waals surface area contributed by atoms with E-state index in [0.717, 1.165) is 0 Å². The van der Waals surface area contributed by atoms with Gasteiger partial charge in [-0.05, 0) is 43.0 Å². The molecule has 0 amide bonds. The van der Waals surface area contributed by atoms with Gasteiger partial charge in [-0.2, -0.15) is 0 Å². The molecule has 3 rings (SSSR count). The fourth-order valence-corrected chi connectivity index (χ4v) is 4.10. The number of likely N-dealkylation sites (tertiary alicyclic amines) is 1. The van der Waals surface area contributed by atoms with Gasteiger partial charge in [-0.3, -0.25) is 4.90 Å². The molecule has 0 N–H and O–H groups in total. The molecule has 1 saturated heterocycles. The summed E-state index contributed by atoms with van der Waals surface area (Å²) in [6.07, 6.45) is 4.06. The minimum Gasteiger partial charge on any atom is -0.296 e. The molecule has 23 heavy (non-hydrogen) atoms. The molecule has 1 aliphatic rings. The highest BCUT2D eigenvalue weighted by Gasteiger charge is 2.32. The molecule has 122 valence electrons. The Bertz CT molecular complexity index is 569. The SMILES string of the molecule is CC(C)C(c1ccccc1)C(c1ccccc1)N1CCCCC1. The normalized spacial score (nSPS) is 18.7. The van der Waals surface area contributed by atoms with Gasteiger partial charge in [-0.1, -0.05) is 80.9 Å². The summed E-state index contributed by atoms with van der Waals surface area (Å²) in [4.78, 5) is 2.73. The number of benzene rings is 2. The van der Waals surface area contributed by atoms with Gasteiger partial charge in [-0.25, -0.2) is 0 Å². The van der Waals surface area contributed by atoms with Gasteiger partial charge in [0.15, 0.2) is 0 Å². The van der Waals surface area contributed by atoms with E-state index in [9.17, 15) is 0 Å². The molecule has 2 unspecified atom stereocenters. The van der Waals surface area contributed by atoms with E-state index < -0.39 is 0 Å². The maximum absolute atomic E-state index is 2.73. The summed E-state index contributed by atoms with van der Waals surface area (Å²) in [5, 5.41) is 0. The van der Waals surface area contributed by atoms with E-state index in [1.807, 2.05) is 0 Å². The summed E-state index contributed by atoms with van der Waals surface area (Å²) < 4.78 is 0. The number of hydrogen-bond acceptors (Lipinski definition) is 1. The van der Waals surface area contributed by atoms with Crippen LogP contribution in [0.15, 0.2) is 60.7 Å². The third-order valence-electron chi connectivity index (χ3n) is 5.17. The highest BCUT2D eigenvalue weighted by Crippen LogP contribution is 2.41. The molecule has 0 spiro atoms. The van der Waals surface area contributed by atoms with Crippen molar-refractivity contribution in [3.63, 3.8) is 0 Å². The van der Waals surface area contributed by atoms with Gasteiger partial charge < -0.3 is 0 Å². The van der Waals surface area contributed by atoms with Crippen molar-refractivity contribution < 1.29 is 0 Å². The first kappa shape index (κ1) is 16.3. The summed E-state index contributed by atoms with van der Waals surface area (Å²) in [6, 6.07) is 22.7. The van der Waals surface area contributed by atoms with E-state index >= 15 is 0 Å².